The Morgan fingerprint density at radius 1 is 0.356 bits per heavy atom. The molecule has 0 amide bonds. The largest absolute Gasteiger partial charge is 3.00 e. The van der Waals surface area contributed by atoms with Crippen LogP contribution in [0.1, 0.15) is 0 Å². The SMILES string of the molecule is [Ir+3].[Ir].[c-]1cccc2ccc3cccnc3c12.[c-]1cccc2ccc3cccnc3c12.[c-]1cccc2ccc3cccnc3c12.[c-]1ccsc1-c1nccc2ccccc12. The molecule has 0 saturated carbocycles. The van der Waals surface area contributed by atoms with Crippen LogP contribution in [0.4, 0.5) is 0 Å². The Kier molecular flexibility index (Phi) is 13.7. The van der Waals surface area contributed by atoms with E-state index in [0.29, 0.717) is 0 Å². The predicted octanol–water partition coefficient (Wildman–Crippen LogP) is 13.3. The quantitative estimate of drug-likeness (QED) is 0.121. The van der Waals surface area contributed by atoms with Gasteiger partial charge in [-0.2, -0.15) is 12.1 Å². The Balaban J connectivity index is 0.000000118. The van der Waals surface area contributed by atoms with Gasteiger partial charge in [-0.05, 0) is 73.4 Å². The molecule has 0 fully saturated rings. The van der Waals surface area contributed by atoms with Crippen LogP contribution in [0.5, 0.6) is 0 Å². The van der Waals surface area contributed by atoms with Crippen LogP contribution in [-0.4, -0.2) is 19.9 Å². The number of rotatable bonds is 1. The van der Waals surface area contributed by atoms with Gasteiger partial charge in [0.05, 0.1) is 0 Å². The number of nitrogens with zero attached hydrogens (tertiary/aromatic N) is 4. The average Bonchev–Trinajstić information content (AvgIpc) is 3.85. The summed E-state index contributed by atoms with van der Waals surface area (Å²) in [5.41, 5.74) is 4.13. The van der Waals surface area contributed by atoms with Crippen molar-refractivity contribution in [1.82, 2.24) is 19.9 Å². The zero-order valence-corrected chi connectivity index (χ0v) is 36.9. The Hall–Kier alpha value is -6.04. The van der Waals surface area contributed by atoms with Gasteiger partial charge in [0.1, 0.15) is 0 Å². The van der Waals surface area contributed by atoms with Crippen LogP contribution in [0.15, 0.2) is 194 Å². The van der Waals surface area contributed by atoms with E-state index in [2.05, 4.69) is 129 Å². The molecule has 0 unspecified atom stereocenters. The Morgan fingerprint density at radius 2 is 0.780 bits per heavy atom. The summed E-state index contributed by atoms with van der Waals surface area (Å²) in [6.07, 6.45) is 7.32. The van der Waals surface area contributed by atoms with Gasteiger partial charge in [-0.15, -0.1) is 110 Å². The molecule has 0 bridgehead atoms. The van der Waals surface area contributed by atoms with E-state index in [4.69, 9.17) is 0 Å². The molecular formula is C52H32Ir2N4S-. The summed E-state index contributed by atoms with van der Waals surface area (Å²) < 4.78 is 0. The number of hydrogen-bond acceptors (Lipinski definition) is 5. The number of thiophene rings is 1. The fraction of sp³-hybridized carbons (Fsp3) is 0. The fourth-order valence-electron chi connectivity index (χ4n) is 6.87. The third-order valence-corrected chi connectivity index (χ3v) is 10.4. The first kappa shape index (κ1) is 41.1. The third-order valence-electron chi connectivity index (χ3n) is 9.58. The molecule has 0 aliphatic heterocycles. The van der Waals surface area contributed by atoms with Gasteiger partial charge in [0, 0.05) is 44.9 Å². The first-order valence-electron chi connectivity index (χ1n) is 18.5. The van der Waals surface area contributed by atoms with Crippen molar-refractivity contribution < 1.29 is 40.2 Å². The second-order valence-corrected chi connectivity index (χ2v) is 14.0. The molecule has 7 aromatic carbocycles. The fourth-order valence-corrected chi connectivity index (χ4v) is 7.56. The smallest absolute Gasteiger partial charge is 0.318 e. The van der Waals surface area contributed by atoms with Crippen LogP contribution in [-0.2, 0) is 40.2 Å². The molecule has 4 nitrogen and oxygen atoms in total. The van der Waals surface area contributed by atoms with E-state index >= 15 is 0 Å². The number of fused-ring (bicyclic) bond motifs is 10. The summed E-state index contributed by atoms with van der Waals surface area (Å²) >= 11 is 1.67. The van der Waals surface area contributed by atoms with Gasteiger partial charge in [-0.1, -0.05) is 83.7 Å². The molecule has 0 N–H and O–H groups in total. The summed E-state index contributed by atoms with van der Waals surface area (Å²) in [5.74, 6) is 0. The summed E-state index contributed by atoms with van der Waals surface area (Å²) in [4.78, 5) is 18.7. The molecule has 7 heteroatoms. The molecule has 5 heterocycles. The van der Waals surface area contributed by atoms with E-state index in [9.17, 15) is 0 Å². The van der Waals surface area contributed by atoms with Crippen molar-refractivity contribution in [3.8, 4) is 10.6 Å². The molecule has 12 rings (SSSR count). The van der Waals surface area contributed by atoms with E-state index in [1.165, 1.54) is 43.1 Å². The first-order valence-corrected chi connectivity index (χ1v) is 19.4. The Bertz CT molecular complexity index is 2850. The average molecular weight is 1130 g/mol. The molecule has 59 heavy (non-hydrogen) atoms. The van der Waals surface area contributed by atoms with Gasteiger partial charge in [-0.25, -0.2) is 11.3 Å². The van der Waals surface area contributed by atoms with Crippen molar-refractivity contribution in [1.29, 1.82) is 0 Å². The molecule has 0 atom stereocenters. The maximum Gasteiger partial charge on any atom is 3.00 e. The Morgan fingerprint density at radius 3 is 1.24 bits per heavy atom. The molecule has 0 aliphatic carbocycles. The summed E-state index contributed by atoms with van der Waals surface area (Å²) in [5, 5.41) is 14.8. The Labute approximate surface area is 373 Å². The molecule has 0 aliphatic rings. The molecule has 12 aromatic rings. The van der Waals surface area contributed by atoms with E-state index in [-0.39, 0.29) is 40.2 Å². The normalized spacial score (nSPS) is 10.4. The summed E-state index contributed by atoms with van der Waals surface area (Å²) in [7, 11) is 0. The zero-order valence-electron chi connectivity index (χ0n) is 31.3. The number of aromatic nitrogens is 4. The van der Waals surface area contributed by atoms with E-state index < -0.39 is 0 Å². The van der Waals surface area contributed by atoms with Crippen LogP contribution in [0.25, 0.3) is 86.4 Å². The summed E-state index contributed by atoms with van der Waals surface area (Å²) in [6, 6.07) is 67.9. The van der Waals surface area contributed by atoms with Crippen molar-refractivity contribution in [2.75, 3.05) is 0 Å². The van der Waals surface area contributed by atoms with Crippen LogP contribution >= 0.6 is 11.3 Å². The van der Waals surface area contributed by atoms with E-state index in [1.54, 1.807) is 11.3 Å². The molecule has 0 spiro atoms. The number of hydrogen-bond donors (Lipinski definition) is 0. The van der Waals surface area contributed by atoms with Gasteiger partial charge in [-0.3, -0.25) is 0 Å². The van der Waals surface area contributed by atoms with Crippen molar-refractivity contribution in [2.45, 2.75) is 0 Å². The van der Waals surface area contributed by atoms with Crippen LogP contribution in [0.2, 0.25) is 0 Å². The molecular weight excluding hydrogens is 1100 g/mol. The minimum Gasteiger partial charge on any atom is -0.318 e. The van der Waals surface area contributed by atoms with Crippen LogP contribution < -0.4 is 0 Å². The third kappa shape index (κ3) is 9.16. The van der Waals surface area contributed by atoms with E-state index in [0.717, 1.165) is 43.3 Å². The van der Waals surface area contributed by atoms with Crippen molar-refractivity contribution in [3.63, 3.8) is 0 Å². The predicted molar refractivity (Wildman–Crippen MR) is 238 cm³/mol. The number of pyridine rings is 4. The van der Waals surface area contributed by atoms with Crippen LogP contribution in [0.3, 0.4) is 0 Å². The van der Waals surface area contributed by atoms with Crippen molar-refractivity contribution in [3.05, 3.63) is 218 Å². The molecule has 285 valence electrons. The first-order chi connectivity index (χ1) is 28.3. The molecule has 1 radical (unpaired) electrons. The number of benzene rings is 7. The molecule has 0 saturated heterocycles. The van der Waals surface area contributed by atoms with Gasteiger partial charge < -0.3 is 19.9 Å². The maximum atomic E-state index is 4.43. The maximum absolute atomic E-state index is 4.43. The zero-order chi connectivity index (χ0) is 38.2. The summed E-state index contributed by atoms with van der Waals surface area (Å²) in [6.45, 7) is 0. The van der Waals surface area contributed by atoms with E-state index in [1.807, 2.05) is 109 Å². The van der Waals surface area contributed by atoms with Gasteiger partial charge in [0.25, 0.3) is 0 Å². The van der Waals surface area contributed by atoms with Crippen molar-refractivity contribution >= 4 is 87.1 Å². The second kappa shape index (κ2) is 19.6. The second-order valence-electron chi connectivity index (χ2n) is 13.1. The van der Waals surface area contributed by atoms with Gasteiger partial charge in [0.15, 0.2) is 0 Å². The topological polar surface area (TPSA) is 51.6 Å². The standard InChI is InChI=1S/C13H8NS.3C13H8N.2Ir/c1-2-5-11-10(4-1)7-8-14-13(11)12-6-3-9-15-12;3*1-2-6-12-10(4-1)7-8-11-5-3-9-14-13(11)12;;/h1-5,7-9H;3*1-5,7-9H;;/q4*-1;;+3. The minimum absolute atomic E-state index is 0. The molecule has 5 aromatic heterocycles. The minimum atomic E-state index is 0. The van der Waals surface area contributed by atoms with Gasteiger partial charge in [0.2, 0.25) is 0 Å². The van der Waals surface area contributed by atoms with Gasteiger partial charge >= 0.3 is 20.1 Å². The van der Waals surface area contributed by atoms with Crippen LogP contribution in [0, 0.1) is 24.3 Å². The van der Waals surface area contributed by atoms with Crippen molar-refractivity contribution in [2.24, 2.45) is 0 Å². The monoisotopic (exact) mass is 1130 g/mol.